The molecule has 120 valence electrons. The van der Waals surface area contributed by atoms with Crippen LogP contribution in [0.4, 0.5) is 5.69 Å². The average molecular weight is 331 g/mol. The molecule has 1 amide bonds. The molecule has 0 atom stereocenters. The maximum absolute atomic E-state index is 12.7. The molecule has 5 heteroatoms. The Bertz CT molecular complexity index is 770. The van der Waals surface area contributed by atoms with Crippen LogP contribution in [0.3, 0.4) is 0 Å². The predicted molar refractivity (Wildman–Crippen MR) is 92.1 cm³/mol. The van der Waals surface area contributed by atoms with E-state index in [4.69, 9.17) is 11.6 Å². The Balaban J connectivity index is 1.77. The lowest BCUT2D eigenvalue weighted by molar-refractivity contribution is -0.118. The Kier molecular flexibility index (Phi) is 4.82. The smallest absolute Gasteiger partial charge is 0.250 e. The number of aryl methyl sites for hydroxylation is 2. The van der Waals surface area contributed by atoms with Gasteiger partial charge >= 0.3 is 0 Å². The van der Waals surface area contributed by atoms with Gasteiger partial charge in [0.1, 0.15) is 0 Å². The lowest BCUT2D eigenvalue weighted by atomic mass is 10.1. The van der Waals surface area contributed by atoms with Crippen LogP contribution in [0, 0.1) is 0 Å². The van der Waals surface area contributed by atoms with E-state index in [9.17, 15) is 9.59 Å². The second-order valence-corrected chi connectivity index (χ2v) is 6.19. The molecule has 0 spiro atoms. The van der Waals surface area contributed by atoms with Gasteiger partial charge in [0.25, 0.3) is 5.56 Å². The number of benzene rings is 1. The Labute approximate surface area is 140 Å². The number of fused-ring (bicyclic) bond motifs is 1. The number of hydrogen-bond donors (Lipinski definition) is 0. The summed E-state index contributed by atoms with van der Waals surface area (Å²) < 4.78 is 1.57. The van der Waals surface area contributed by atoms with Gasteiger partial charge in [-0.15, -0.1) is 0 Å². The lowest BCUT2D eigenvalue weighted by Crippen LogP contribution is -2.33. The zero-order chi connectivity index (χ0) is 16.2. The molecule has 1 aromatic carbocycles. The summed E-state index contributed by atoms with van der Waals surface area (Å²) in [4.78, 5) is 26.2. The molecule has 0 bridgehead atoms. The van der Waals surface area contributed by atoms with Crippen molar-refractivity contribution in [2.45, 2.75) is 32.2 Å². The Hall–Kier alpha value is -2.07. The van der Waals surface area contributed by atoms with E-state index in [1.807, 2.05) is 23.1 Å². The molecular formula is C18H19ClN2O2. The molecule has 4 nitrogen and oxygen atoms in total. The van der Waals surface area contributed by atoms with Crippen molar-refractivity contribution in [3.05, 3.63) is 63.5 Å². The largest absolute Gasteiger partial charge is 0.315 e. The van der Waals surface area contributed by atoms with Crippen molar-refractivity contribution in [2.75, 3.05) is 11.4 Å². The minimum atomic E-state index is -0.0802. The van der Waals surface area contributed by atoms with Gasteiger partial charge in [-0.25, -0.2) is 0 Å². The molecule has 2 aromatic rings. The molecule has 1 aliphatic rings. The number of nitrogens with zero attached hydrogens (tertiary/aromatic N) is 2. The number of anilines is 1. The molecule has 2 heterocycles. The number of carbonyl (C=O) groups excluding carboxylic acids is 1. The van der Waals surface area contributed by atoms with Crippen LogP contribution in [0.5, 0.6) is 0 Å². The normalized spacial score (nSPS) is 14.2. The van der Waals surface area contributed by atoms with Crippen LogP contribution in [0.1, 0.15) is 24.8 Å². The maximum atomic E-state index is 12.7. The van der Waals surface area contributed by atoms with Crippen LogP contribution in [0.2, 0.25) is 5.02 Å². The number of pyridine rings is 1. The van der Waals surface area contributed by atoms with Crippen molar-refractivity contribution in [2.24, 2.45) is 0 Å². The zero-order valence-electron chi connectivity index (χ0n) is 12.9. The maximum Gasteiger partial charge on any atom is 0.250 e. The molecule has 0 unspecified atom stereocenters. The minimum absolute atomic E-state index is 0.0474. The number of carbonyl (C=O) groups is 1. The predicted octanol–water partition coefficient (Wildman–Crippen LogP) is 3.26. The highest BCUT2D eigenvalue weighted by Gasteiger charge is 2.21. The molecule has 0 fully saturated rings. The first-order valence-electron chi connectivity index (χ1n) is 7.89. The third kappa shape index (κ3) is 3.64. The molecule has 3 rings (SSSR count). The van der Waals surface area contributed by atoms with E-state index in [-0.39, 0.29) is 11.5 Å². The van der Waals surface area contributed by atoms with E-state index >= 15 is 0 Å². The van der Waals surface area contributed by atoms with Crippen molar-refractivity contribution in [3.8, 4) is 0 Å². The van der Waals surface area contributed by atoms with E-state index in [0.717, 1.165) is 37.1 Å². The van der Waals surface area contributed by atoms with Crippen LogP contribution < -0.4 is 10.5 Å². The van der Waals surface area contributed by atoms with E-state index in [0.29, 0.717) is 18.0 Å². The first kappa shape index (κ1) is 15.8. The number of aromatic nitrogens is 1. The summed E-state index contributed by atoms with van der Waals surface area (Å²) in [6, 6.07) is 10.7. The molecule has 0 saturated carbocycles. The van der Waals surface area contributed by atoms with Crippen molar-refractivity contribution in [1.82, 2.24) is 4.57 Å². The van der Waals surface area contributed by atoms with Gasteiger partial charge in [-0.3, -0.25) is 9.59 Å². The number of hydrogen-bond acceptors (Lipinski definition) is 2. The summed E-state index contributed by atoms with van der Waals surface area (Å²) >= 11 is 6.07. The first-order chi connectivity index (χ1) is 11.1. The highest BCUT2D eigenvalue weighted by atomic mass is 35.5. The summed E-state index contributed by atoms with van der Waals surface area (Å²) in [5, 5.41) is 0.703. The molecule has 0 radical (unpaired) electrons. The van der Waals surface area contributed by atoms with Crippen molar-refractivity contribution in [3.63, 3.8) is 0 Å². The third-order valence-electron chi connectivity index (χ3n) is 4.18. The van der Waals surface area contributed by atoms with E-state index in [2.05, 4.69) is 0 Å². The molecule has 0 saturated heterocycles. The Morgan fingerprint density at radius 3 is 2.87 bits per heavy atom. The quantitative estimate of drug-likeness (QED) is 0.867. The van der Waals surface area contributed by atoms with Crippen molar-refractivity contribution >= 4 is 23.2 Å². The van der Waals surface area contributed by atoms with Gasteiger partial charge in [0.15, 0.2) is 0 Å². The van der Waals surface area contributed by atoms with Gasteiger partial charge in [0.05, 0.1) is 0 Å². The Morgan fingerprint density at radius 2 is 2.04 bits per heavy atom. The van der Waals surface area contributed by atoms with Crippen LogP contribution in [0.15, 0.2) is 47.4 Å². The van der Waals surface area contributed by atoms with E-state index < -0.39 is 0 Å². The van der Waals surface area contributed by atoms with Gasteiger partial charge in [0, 0.05) is 42.5 Å². The molecule has 1 aromatic heterocycles. The van der Waals surface area contributed by atoms with Crippen molar-refractivity contribution in [1.29, 1.82) is 0 Å². The molecule has 0 N–H and O–H groups in total. The minimum Gasteiger partial charge on any atom is -0.315 e. The van der Waals surface area contributed by atoms with Gasteiger partial charge in [0.2, 0.25) is 5.91 Å². The summed E-state index contributed by atoms with van der Waals surface area (Å²) in [6.07, 6.45) is 4.99. The number of amides is 1. The van der Waals surface area contributed by atoms with E-state index in [1.165, 1.54) is 6.07 Å². The Morgan fingerprint density at radius 1 is 1.17 bits per heavy atom. The van der Waals surface area contributed by atoms with Crippen LogP contribution >= 0.6 is 11.6 Å². The second-order valence-electron chi connectivity index (χ2n) is 5.76. The lowest BCUT2D eigenvalue weighted by Gasteiger charge is -2.23. The zero-order valence-corrected chi connectivity index (χ0v) is 13.6. The third-order valence-corrected chi connectivity index (χ3v) is 4.41. The highest BCUT2D eigenvalue weighted by molar-refractivity contribution is 6.30. The molecule has 1 aliphatic heterocycles. The van der Waals surface area contributed by atoms with Gasteiger partial charge in [-0.2, -0.15) is 0 Å². The summed E-state index contributed by atoms with van der Waals surface area (Å²) in [6.45, 7) is 1.12. The van der Waals surface area contributed by atoms with Crippen LogP contribution in [0.25, 0.3) is 0 Å². The fourth-order valence-electron chi connectivity index (χ4n) is 2.98. The second kappa shape index (κ2) is 7.01. The summed E-state index contributed by atoms with van der Waals surface area (Å²) in [5.41, 5.74) is 2.00. The molecule has 0 aliphatic carbocycles. The fourth-order valence-corrected chi connectivity index (χ4v) is 3.17. The van der Waals surface area contributed by atoms with Gasteiger partial charge in [-0.1, -0.05) is 17.7 Å². The van der Waals surface area contributed by atoms with Gasteiger partial charge in [-0.05, 0) is 49.1 Å². The van der Waals surface area contributed by atoms with Crippen LogP contribution in [-0.4, -0.2) is 17.0 Å². The van der Waals surface area contributed by atoms with Crippen molar-refractivity contribution < 1.29 is 4.79 Å². The number of halogens is 1. The molecule has 23 heavy (non-hydrogen) atoms. The SMILES string of the molecule is O=C(CCn1ccccc1=O)N1CCCCc2cc(Cl)ccc21. The van der Waals surface area contributed by atoms with Gasteiger partial charge < -0.3 is 9.47 Å². The topological polar surface area (TPSA) is 42.3 Å². The fraction of sp³-hybridized carbons (Fsp3) is 0.333. The number of rotatable bonds is 3. The molecular weight excluding hydrogens is 312 g/mol. The standard InChI is InChI=1S/C18H19ClN2O2/c19-15-7-8-16-14(13-15)5-1-4-11-21(16)18(23)9-12-20-10-3-2-6-17(20)22/h2-3,6-8,10,13H,1,4-5,9,11-12H2. The van der Waals surface area contributed by atoms with Crippen LogP contribution in [-0.2, 0) is 17.8 Å². The summed E-state index contributed by atoms with van der Waals surface area (Å²) in [5.74, 6) is 0.0474. The van der Waals surface area contributed by atoms with E-state index in [1.54, 1.807) is 22.9 Å². The first-order valence-corrected chi connectivity index (χ1v) is 8.27. The average Bonchev–Trinajstić information content (AvgIpc) is 2.75. The summed E-state index contributed by atoms with van der Waals surface area (Å²) in [7, 11) is 0. The monoisotopic (exact) mass is 330 g/mol. The highest BCUT2D eigenvalue weighted by Crippen LogP contribution is 2.29.